The molecular weight excluding hydrogens is 504 g/mol. The van der Waals surface area contributed by atoms with Crippen molar-refractivity contribution in [2.45, 2.75) is 77.0 Å². The normalized spacial score (nSPS) is 46.6. The summed E-state index contributed by atoms with van der Waals surface area (Å²) in [4.78, 5) is 49.0. The molecule has 4 saturated carbocycles. The topological polar surface area (TPSA) is 129 Å². The standard InChI is InChI=1S/C26H37BrO7/c1-12(4-7-19(28)29)14-5-6-15-20-16(11-18(24(33)34)26(14,15)3)25(2)9-8-13(23(31)32)10-17(25)21(27)22(20)30/h12-18,20-21H,4-11H2,1-3H3,(H,28,29)(H,31,32)(H,33,34). The Bertz CT molecular complexity index is 888. The Hall–Kier alpha value is -1.44. The van der Waals surface area contributed by atoms with Gasteiger partial charge in [0, 0.05) is 12.3 Å². The number of rotatable bonds is 6. The number of carbonyl (C=O) groups excluding carboxylic acids is 1. The molecule has 7 nitrogen and oxygen atoms in total. The molecule has 34 heavy (non-hydrogen) atoms. The van der Waals surface area contributed by atoms with Gasteiger partial charge in [0.25, 0.3) is 0 Å². The molecular formula is C26H37BrO7. The SMILES string of the molecule is CC(CCC(=O)O)C1CCC2C3C(=O)C(Br)C4CC(C(=O)O)CCC4(C)C3CC(C(=O)O)C12C. The highest BCUT2D eigenvalue weighted by Gasteiger charge is 2.69. The van der Waals surface area contributed by atoms with E-state index in [1.165, 1.54) is 0 Å². The second kappa shape index (κ2) is 8.90. The number of fused-ring (bicyclic) bond motifs is 5. The summed E-state index contributed by atoms with van der Waals surface area (Å²) in [6.45, 7) is 6.25. The van der Waals surface area contributed by atoms with Gasteiger partial charge in [-0.25, -0.2) is 0 Å². The van der Waals surface area contributed by atoms with E-state index in [1.54, 1.807) is 0 Å². The summed E-state index contributed by atoms with van der Waals surface area (Å²) in [7, 11) is 0. The van der Waals surface area contributed by atoms with Gasteiger partial charge in [0.2, 0.25) is 0 Å². The Morgan fingerprint density at radius 2 is 1.68 bits per heavy atom. The van der Waals surface area contributed by atoms with Gasteiger partial charge in [-0.15, -0.1) is 0 Å². The van der Waals surface area contributed by atoms with E-state index in [0.717, 1.165) is 12.8 Å². The minimum Gasteiger partial charge on any atom is -0.481 e. The van der Waals surface area contributed by atoms with Crippen LogP contribution in [0.2, 0.25) is 0 Å². The lowest BCUT2D eigenvalue weighted by atomic mass is 9.41. The zero-order valence-corrected chi connectivity index (χ0v) is 21.8. The molecule has 4 rings (SSSR count). The van der Waals surface area contributed by atoms with E-state index in [4.69, 9.17) is 0 Å². The first kappa shape index (κ1) is 25.6. The average molecular weight is 541 g/mol. The number of carboxylic acid groups (broad SMARTS) is 3. The lowest BCUT2D eigenvalue weighted by Gasteiger charge is -2.62. The number of Topliss-reactive ketones (excluding diaryl/α,β-unsaturated/α-hetero) is 1. The molecule has 3 N–H and O–H groups in total. The summed E-state index contributed by atoms with van der Waals surface area (Å²) in [5.41, 5.74) is -0.838. The van der Waals surface area contributed by atoms with Gasteiger partial charge in [-0.3, -0.25) is 19.2 Å². The molecule has 11 unspecified atom stereocenters. The highest BCUT2D eigenvalue weighted by atomic mass is 79.9. The monoisotopic (exact) mass is 540 g/mol. The third-order valence-electron chi connectivity index (χ3n) is 10.9. The summed E-state index contributed by atoms with van der Waals surface area (Å²) < 4.78 is 0. The Labute approximate surface area is 209 Å². The largest absolute Gasteiger partial charge is 0.481 e. The minimum atomic E-state index is -0.842. The average Bonchev–Trinajstić information content (AvgIpc) is 3.12. The molecule has 8 heteroatoms. The lowest BCUT2D eigenvalue weighted by Crippen LogP contribution is -2.63. The van der Waals surface area contributed by atoms with Gasteiger partial charge in [0.15, 0.2) is 0 Å². The summed E-state index contributed by atoms with van der Waals surface area (Å²) in [5.74, 6) is -3.74. The smallest absolute Gasteiger partial charge is 0.307 e. The summed E-state index contributed by atoms with van der Waals surface area (Å²) in [6.07, 6.45) is 4.32. The van der Waals surface area contributed by atoms with Crippen molar-refractivity contribution in [2.75, 3.05) is 0 Å². The molecule has 0 spiro atoms. The Kier molecular flexibility index (Phi) is 6.71. The van der Waals surface area contributed by atoms with Crippen molar-refractivity contribution in [1.82, 2.24) is 0 Å². The quantitative estimate of drug-likeness (QED) is 0.416. The van der Waals surface area contributed by atoms with Crippen LogP contribution >= 0.6 is 15.9 Å². The van der Waals surface area contributed by atoms with Crippen molar-refractivity contribution >= 4 is 39.6 Å². The van der Waals surface area contributed by atoms with Gasteiger partial charge in [-0.05, 0) is 85.4 Å². The molecule has 4 fully saturated rings. The van der Waals surface area contributed by atoms with Crippen LogP contribution in [0.25, 0.3) is 0 Å². The van der Waals surface area contributed by atoms with E-state index >= 15 is 0 Å². The van der Waals surface area contributed by atoms with Crippen molar-refractivity contribution in [2.24, 2.45) is 58.2 Å². The van der Waals surface area contributed by atoms with Gasteiger partial charge < -0.3 is 15.3 Å². The summed E-state index contributed by atoms with van der Waals surface area (Å²) in [5, 5.41) is 29.2. The molecule has 0 aromatic carbocycles. The Morgan fingerprint density at radius 3 is 2.26 bits per heavy atom. The van der Waals surface area contributed by atoms with Crippen LogP contribution in [0.5, 0.6) is 0 Å². The number of hydrogen-bond acceptors (Lipinski definition) is 4. The third kappa shape index (κ3) is 3.73. The van der Waals surface area contributed by atoms with Crippen molar-refractivity contribution < 1.29 is 34.5 Å². The maximum Gasteiger partial charge on any atom is 0.307 e. The molecule has 11 atom stereocenters. The predicted molar refractivity (Wildman–Crippen MR) is 127 cm³/mol. The van der Waals surface area contributed by atoms with E-state index in [0.29, 0.717) is 32.1 Å². The summed E-state index contributed by atoms with van der Waals surface area (Å²) in [6, 6.07) is 0. The lowest BCUT2D eigenvalue weighted by molar-refractivity contribution is -0.181. The van der Waals surface area contributed by atoms with Crippen LogP contribution in [-0.4, -0.2) is 43.8 Å². The van der Waals surface area contributed by atoms with E-state index < -0.39 is 40.0 Å². The number of carboxylic acids is 3. The van der Waals surface area contributed by atoms with Crippen LogP contribution in [-0.2, 0) is 19.2 Å². The number of hydrogen-bond donors (Lipinski definition) is 3. The van der Waals surface area contributed by atoms with Gasteiger partial charge >= 0.3 is 17.9 Å². The zero-order valence-electron chi connectivity index (χ0n) is 20.2. The first-order chi connectivity index (χ1) is 15.8. The fraction of sp³-hybridized carbons (Fsp3) is 0.846. The van der Waals surface area contributed by atoms with E-state index in [2.05, 4.69) is 22.9 Å². The van der Waals surface area contributed by atoms with Gasteiger partial charge in [-0.1, -0.05) is 36.7 Å². The highest BCUT2D eigenvalue weighted by molar-refractivity contribution is 9.10. The van der Waals surface area contributed by atoms with E-state index in [-0.39, 0.29) is 53.1 Å². The van der Waals surface area contributed by atoms with Gasteiger partial charge in [0.1, 0.15) is 5.78 Å². The second-order valence-electron chi connectivity index (χ2n) is 12.1. The first-order valence-electron chi connectivity index (χ1n) is 12.7. The Morgan fingerprint density at radius 1 is 1.00 bits per heavy atom. The van der Waals surface area contributed by atoms with Crippen molar-refractivity contribution in [3.8, 4) is 0 Å². The van der Waals surface area contributed by atoms with Crippen LogP contribution in [0.15, 0.2) is 0 Å². The molecule has 0 aromatic rings. The van der Waals surface area contributed by atoms with Crippen molar-refractivity contribution in [3.63, 3.8) is 0 Å². The third-order valence-corrected chi connectivity index (χ3v) is 11.9. The summed E-state index contributed by atoms with van der Waals surface area (Å²) >= 11 is 3.69. The number of halogens is 1. The highest BCUT2D eigenvalue weighted by Crippen LogP contribution is 2.70. The zero-order chi connectivity index (χ0) is 25.2. The van der Waals surface area contributed by atoms with E-state index in [1.807, 2.05) is 13.8 Å². The van der Waals surface area contributed by atoms with Crippen molar-refractivity contribution in [3.05, 3.63) is 0 Å². The number of carbonyl (C=O) groups is 4. The van der Waals surface area contributed by atoms with E-state index in [9.17, 15) is 34.5 Å². The maximum absolute atomic E-state index is 13.9. The number of alkyl halides is 1. The molecule has 0 aliphatic heterocycles. The molecule has 4 aliphatic carbocycles. The molecule has 0 saturated heterocycles. The minimum absolute atomic E-state index is 0.0489. The van der Waals surface area contributed by atoms with Gasteiger partial charge in [0.05, 0.1) is 16.7 Å². The van der Waals surface area contributed by atoms with Crippen molar-refractivity contribution in [1.29, 1.82) is 0 Å². The molecule has 4 aliphatic rings. The fourth-order valence-corrected chi connectivity index (χ4v) is 10.2. The molecule has 0 bridgehead atoms. The molecule has 0 amide bonds. The van der Waals surface area contributed by atoms with Crippen LogP contribution in [0.1, 0.15) is 72.1 Å². The van der Waals surface area contributed by atoms with Gasteiger partial charge in [-0.2, -0.15) is 0 Å². The molecule has 190 valence electrons. The van der Waals surface area contributed by atoms with Crippen LogP contribution in [0, 0.1) is 58.2 Å². The van der Waals surface area contributed by atoms with Crippen LogP contribution in [0.3, 0.4) is 0 Å². The fourth-order valence-electron chi connectivity index (χ4n) is 9.05. The number of aliphatic carboxylic acids is 3. The van der Waals surface area contributed by atoms with Crippen LogP contribution in [0.4, 0.5) is 0 Å². The Balaban J connectivity index is 1.71. The molecule has 0 radical (unpaired) electrons. The molecule has 0 heterocycles. The molecule has 0 aromatic heterocycles. The number of ketones is 1. The predicted octanol–water partition coefficient (Wildman–Crippen LogP) is 4.71. The van der Waals surface area contributed by atoms with Crippen LogP contribution < -0.4 is 0 Å². The second-order valence-corrected chi connectivity index (χ2v) is 13.0. The first-order valence-corrected chi connectivity index (χ1v) is 13.6. The maximum atomic E-state index is 13.9.